The standard InChI is InChI=1S/C22H22N8O/c1-5-29-20(15-6-7-17-16(10-15)22(2,3)21(31)28(17)4)26-19(27-29)14-8-9-24-18(11-14)30-13-23-12-25-30/h6-13H,5H2,1-4H3. The second-order valence-corrected chi connectivity index (χ2v) is 8.04. The van der Waals surface area contributed by atoms with Crippen LogP contribution in [-0.4, -0.2) is 47.5 Å². The van der Waals surface area contributed by atoms with Crippen LogP contribution in [-0.2, 0) is 16.8 Å². The van der Waals surface area contributed by atoms with Gasteiger partial charge in [-0.25, -0.2) is 24.3 Å². The van der Waals surface area contributed by atoms with Crippen LogP contribution in [0, 0.1) is 0 Å². The number of likely N-dealkylation sites (N-methyl/N-ethyl adjacent to an activating group) is 1. The fourth-order valence-electron chi connectivity index (χ4n) is 4.02. The Labute approximate surface area is 179 Å². The number of amides is 1. The Hall–Kier alpha value is -3.88. The molecule has 1 amide bonds. The molecule has 0 radical (unpaired) electrons. The number of pyridine rings is 1. The summed E-state index contributed by atoms with van der Waals surface area (Å²) in [5.74, 6) is 2.10. The molecule has 3 aromatic heterocycles. The van der Waals surface area contributed by atoms with Crippen molar-refractivity contribution < 1.29 is 4.79 Å². The van der Waals surface area contributed by atoms with Gasteiger partial charge in [0.15, 0.2) is 17.5 Å². The Morgan fingerprint density at radius 3 is 2.68 bits per heavy atom. The minimum absolute atomic E-state index is 0.0923. The number of aromatic nitrogens is 7. The zero-order valence-corrected chi connectivity index (χ0v) is 17.8. The molecule has 1 aromatic carbocycles. The molecular formula is C22H22N8O. The van der Waals surface area contributed by atoms with Crippen molar-refractivity contribution in [3.05, 3.63) is 54.7 Å². The van der Waals surface area contributed by atoms with Gasteiger partial charge in [-0.3, -0.25) is 4.79 Å². The van der Waals surface area contributed by atoms with E-state index in [0.29, 0.717) is 18.2 Å². The van der Waals surface area contributed by atoms with Gasteiger partial charge in [0, 0.05) is 36.6 Å². The van der Waals surface area contributed by atoms with Gasteiger partial charge < -0.3 is 4.90 Å². The molecule has 1 aliphatic heterocycles. The Kier molecular flexibility index (Phi) is 4.21. The Bertz CT molecular complexity index is 1290. The van der Waals surface area contributed by atoms with Crippen molar-refractivity contribution in [3.63, 3.8) is 0 Å². The summed E-state index contributed by atoms with van der Waals surface area (Å²) in [6.07, 6.45) is 4.77. The van der Waals surface area contributed by atoms with Crippen molar-refractivity contribution in [1.82, 2.24) is 34.5 Å². The van der Waals surface area contributed by atoms with Crippen molar-refractivity contribution in [2.45, 2.75) is 32.7 Å². The van der Waals surface area contributed by atoms with E-state index in [1.165, 1.54) is 6.33 Å². The van der Waals surface area contributed by atoms with Gasteiger partial charge in [0.1, 0.15) is 12.7 Å². The quantitative estimate of drug-likeness (QED) is 0.510. The van der Waals surface area contributed by atoms with Crippen molar-refractivity contribution >= 4 is 11.6 Å². The van der Waals surface area contributed by atoms with Crippen molar-refractivity contribution in [3.8, 4) is 28.6 Å². The van der Waals surface area contributed by atoms with Crippen LogP contribution in [0.4, 0.5) is 5.69 Å². The van der Waals surface area contributed by atoms with Crippen LogP contribution < -0.4 is 4.90 Å². The first kappa shape index (κ1) is 19.1. The molecule has 4 heterocycles. The third-order valence-corrected chi connectivity index (χ3v) is 5.76. The van der Waals surface area contributed by atoms with Crippen LogP contribution >= 0.6 is 0 Å². The van der Waals surface area contributed by atoms with Gasteiger partial charge in [0.05, 0.1) is 5.41 Å². The van der Waals surface area contributed by atoms with E-state index in [4.69, 9.17) is 10.1 Å². The molecular weight excluding hydrogens is 392 g/mol. The molecule has 0 unspecified atom stereocenters. The molecule has 0 N–H and O–H groups in total. The highest BCUT2D eigenvalue weighted by atomic mass is 16.2. The fraction of sp³-hybridized carbons (Fsp3) is 0.273. The average Bonchev–Trinajstić information content (AvgIpc) is 3.50. The minimum atomic E-state index is -0.572. The van der Waals surface area contributed by atoms with Gasteiger partial charge in [-0.05, 0) is 56.7 Å². The van der Waals surface area contributed by atoms with Gasteiger partial charge in [-0.15, -0.1) is 0 Å². The topological polar surface area (TPSA) is 94.6 Å². The third kappa shape index (κ3) is 2.92. The predicted octanol–water partition coefficient (Wildman–Crippen LogP) is 2.86. The van der Waals surface area contributed by atoms with Crippen molar-refractivity contribution in [2.75, 3.05) is 11.9 Å². The molecule has 5 rings (SSSR count). The van der Waals surface area contributed by atoms with Gasteiger partial charge in [-0.2, -0.15) is 10.2 Å². The van der Waals surface area contributed by atoms with E-state index in [2.05, 4.69) is 21.1 Å². The molecule has 0 saturated heterocycles. The van der Waals surface area contributed by atoms with Crippen molar-refractivity contribution in [1.29, 1.82) is 0 Å². The number of hydrogen-bond acceptors (Lipinski definition) is 6. The number of hydrogen-bond donors (Lipinski definition) is 0. The highest BCUT2D eigenvalue weighted by Crippen LogP contribution is 2.42. The van der Waals surface area contributed by atoms with Crippen molar-refractivity contribution in [2.24, 2.45) is 0 Å². The highest BCUT2D eigenvalue weighted by Gasteiger charge is 2.42. The molecule has 0 bridgehead atoms. The van der Waals surface area contributed by atoms with E-state index in [0.717, 1.165) is 28.2 Å². The lowest BCUT2D eigenvalue weighted by molar-refractivity contribution is -0.121. The monoisotopic (exact) mass is 414 g/mol. The smallest absolute Gasteiger partial charge is 0.236 e. The summed E-state index contributed by atoms with van der Waals surface area (Å²) in [4.78, 5) is 27.5. The first-order valence-corrected chi connectivity index (χ1v) is 10.1. The fourth-order valence-corrected chi connectivity index (χ4v) is 4.02. The highest BCUT2D eigenvalue weighted by molar-refractivity contribution is 6.07. The first-order valence-electron chi connectivity index (χ1n) is 10.1. The number of rotatable bonds is 4. The number of nitrogens with zero attached hydrogens (tertiary/aromatic N) is 8. The molecule has 9 heteroatoms. The third-order valence-electron chi connectivity index (χ3n) is 5.76. The summed E-state index contributed by atoms with van der Waals surface area (Å²) in [6, 6.07) is 9.80. The number of fused-ring (bicyclic) bond motifs is 1. The van der Waals surface area contributed by atoms with E-state index >= 15 is 0 Å². The minimum Gasteiger partial charge on any atom is -0.314 e. The number of anilines is 1. The van der Waals surface area contributed by atoms with E-state index in [9.17, 15) is 4.79 Å². The number of benzene rings is 1. The molecule has 0 spiro atoms. The SMILES string of the molecule is CCn1nc(-c2ccnc(-n3cncn3)c2)nc1-c1ccc2c(c1)C(C)(C)C(=O)N2C. The predicted molar refractivity (Wildman–Crippen MR) is 116 cm³/mol. The molecule has 156 valence electrons. The average molecular weight is 414 g/mol. The molecule has 9 nitrogen and oxygen atoms in total. The molecule has 0 aliphatic carbocycles. The summed E-state index contributed by atoms with van der Waals surface area (Å²) in [7, 11) is 1.82. The summed E-state index contributed by atoms with van der Waals surface area (Å²) in [5.41, 5.74) is 3.14. The van der Waals surface area contributed by atoms with Crippen LogP contribution in [0.15, 0.2) is 49.2 Å². The van der Waals surface area contributed by atoms with E-state index in [-0.39, 0.29) is 5.91 Å². The maximum atomic E-state index is 12.6. The van der Waals surface area contributed by atoms with Crippen LogP contribution in [0.1, 0.15) is 26.3 Å². The normalized spacial score (nSPS) is 14.8. The second kappa shape index (κ2) is 6.83. The van der Waals surface area contributed by atoms with Gasteiger partial charge in [-0.1, -0.05) is 0 Å². The molecule has 31 heavy (non-hydrogen) atoms. The number of aryl methyl sites for hydroxylation is 1. The Morgan fingerprint density at radius 2 is 1.94 bits per heavy atom. The van der Waals surface area contributed by atoms with E-state index < -0.39 is 5.41 Å². The Balaban J connectivity index is 1.59. The zero-order valence-electron chi connectivity index (χ0n) is 17.8. The van der Waals surface area contributed by atoms with Gasteiger partial charge in [0.2, 0.25) is 5.91 Å². The lowest BCUT2D eigenvalue weighted by atomic mass is 9.85. The molecule has 0 fully saturated rings. The molecule has 0 atom stereocenters. The zero-order chi connectivity index (χ0) is 21.8. The summed E-state index contributed by atoms with van der Waals surface area (Å²) < 4.78 is 3.47. The largest absolute Gasteiger partial charge is 0.314 e. The van der Waals surface area contributed by atoms with E-state index in [1.807, 2.05) is 56.8 Å². The molecule has 4 aromatic rings. The van der Waals surface area contributed by atoms with Gasteiger partial charge >= 0.3 is 0 Å². The summed E-state index contributed by atoms with van der Waals surface area (Å²) in [5, 5.41) is 8.85. The van der Waals surface area contributed by atoms with Crippen LogP contribution in [0.5, 0.6) is 0 Å². The second-order valence-electron chi connectivity index (χ2n) is 8.04. The summed E-state index contributed by atoms with van der Waals surface area (Å²) in [6.45, 7) is 6.62. The van der Waals surface area contributed by atoms with Crippen LogP contribution in [0.2, 0.25) is 0 Å². The summed E-state index contributed by atoms with van der Waals surface area (Å²) >= 11 is 0. The maximum absolute atomic E-state index is 12.6. The molecule has 0 saturated carbocycles. The lowest BCUT2D eigenvalue weighted by Gasteiger charge is -2.16. The molecule has 1 aliphatic rings. The first-order chi connectivity index (χ1) is 14.9. The maximum Gasteiger partial charge on any atom is 0.236 e. The van der Waals surface area contributed by atoms with Gasteiger partial charge in [0.25, 0.3) is 0 Å². The lowest BCUT2D eigenvalue weighted by Crippen LogP contribution is -2.33. The Morgan fingerprint density at radius 1 is 1.10 bits per heavy atom. The van der Waals surface area contributed by atoms with Crippen LogP contribution in [0.3, 0.4) is 0 Å². The van der Waals surface area contributed by atoms with Crippen LogP contribution in [0.25, 0.3) is 28.6 Å². The number of carbonyl (C=O) groups excluding carboxylic acids is 1. The van der Waals surface area contributed by atoms with E-state index in [1.54, 1.807) is 22.1 Å². The number of carbonyl (C=O) groups is 1.